The number of amides is 1. The van der Waals surface area contributed by atoms with Gasteiger partial charge in [-0.05, 0) is 49.2 Å². The number of carbonyl (C=O) groups is 1. The Hall–Kier alpha value is -2.71. The Morgan fingerprint density at radius 2 is 2.03 bits per heavy atom. The monoisotopic (exact) mass is 471 g/mol. The standard InChI is InChI=1S/C22H22BrN3O4/c23-15-7-9-16(10-8-15)30-14-21(27)26(12-17-4-3-11-29-17)13-20-24-19-6-2-1-5-18(19)22(28)25-20/h1-2,5-10,17H,3-4,11-14H2,(H,24,25,28)/t17-/m1/s1. The minimum atomic E-state index is -0.216. The number of nitrogens with zero attached hydrogens (tertiary/aromatic N) is 2. The largest absolute Gasteiger partial charge is 0.484 e. The van der Waals surface area contributed by atoms with Gasteiger partial charge in [0.2, 0.25) is 0 Å². The molecule has 1 amide bonds. The molecule has 1 aliphatic rings. The summed E-state index contributed by atoms with van der Waals surface area (Å²) >= 11 is 3.38. The second-order valence-corrected chi connectivity index (χ2v) is 8.10. The molecule has 1 N–H and O–H groups in total. The Morgan fingerprint density at radius 3 is 2.80 bits per heavy atom. The minimum absolute atomic E-state index is 0.0196. The van der Waals surface area contributed by atoms with E-state index in [-0.39, 0.29) is 30.7 Å². The molecule has 1 aromatic heterocycles. The van der Waals surface area contributed by atoms with Crippen molar-refractivity contribution < 1.29 is 14.3 Å². The summed E-state index contributed by atoms with van der Waals surface area (Å²) in [5.74, 6) is 0.860. The molecular weight excluding hydrogens is 450 g/mol. The van der Waals surface area contributed by atoms with Gasteiger partial charge in [-0.25, -0.2) is 4.98 Å². The van der Waals surface area contributed by atoms with Crippen molar-refractivity contribution in [3.8, 4) is 5.75 Å². The van der Waals surface area contributed by atoms with Crippen LogP contribution in [-0.2, 0) is 16.1 Å². The highest BCUT2D eigenvalue weighted by Gasteiger charge is 2.24. The average molecular weight is 472 g/mol. The van der Waals surface area contributed by atoms with E-state index in [2.05, 4.69) is 25.9 Å². The van der Waals surface area contributed by atoms with Crippen molar-refractivity contribution in [3.05, 3.63) is 69.2 Å². The average Bonchev–Trinajstić information content (AvgIpc) is 3.26. The van der Waals surface area contributed by atoms with E-state index < -0.39 is 0 Å². The first kappa shape index (κ1) is 20.6. The van der Waals surface area contributed by atoms with Crippen molar-refractivity contribution in [2.45, 2.75) is 25.5 Å². The summed E-state index contributed by atoms with van der Waals surface area (Å²) < 4.78 is 12.3. The van der Waals surface area contributed by atoms with Gasteiger partial charge in [0.05, 0.1) is 23.6 Å². The van der Waals surface area contributed by atoms with Gasteiger partial charge in [0.25, 0.3) is 11.5 Å². The first-order chi connectivity index (χ1) is 14.6. The molecule has 0 saturated carbocycles. The molecule has 2 aromatic carbocycles. The molecule has 30 heavy (non-hydrogen) atoms. The summed E-state index contributed by atoms with van der Waals surface area (Å²) in [6.07, 6.45) is 1.86. The summed E-state index contributed by atoms with van der Waals surface area (Å²) in [7, 11) is 0. The maximum atomic E-state index is 12.9. The number of benzene rings is 2. The Labute approximate surface area is 182 Å². The molecular formula is C22H22BrN3O4. The Kier molecular flexibility index (Phi) is 6.44. The number of aromatic amines is 1. The lowest BCUT2D eigenvalue weighted by Crippen LogP contribution is -2.40. The van der Waals surface area contributed by atoms with Gasteiger partial charge in [0, 0.05) is 17.6 Å². The summed E-state index contributed by atoms with van der Waals surface area (Å²) in [5, 5.41) is 0.525. The number of fused-ring (bicyclic) bond motifs is 1. The normalized spacial score (nSPS) is 16.0. The summed E-state index contributed by atoms with van der Waals surface area (Å²) in [6, 6.07) is 14.4. The van der Waals surface area contributed by atoms with E-state index >= 15 is 0 Å². The predicted octanol–water partition coefficient (Wildman–Crippen LogP) is 3.27. The van der Waals surface area contributed by atoms with Gasteiger partial charge in [-0.1, -0.05) is 28.1 Å². The number of H-pyrrole nitrogens is 1. The van der Waals surface area contributed by atoms with Crippen LogP contribution in [-0.4, -0.2) is 46.6 Å². The van der Waals surface area contributed by atoms with Crippen LogP contribution in [0.15, 0.2) is 57.8 Å². The number of para-hydroxylation sites is 1. The minimum Gasteiger partial charge on any atom is -0.484 e. The van der Waals surface area contributed by atoms with E-state index in [1.807, 2.05) is 18.2 Å². The molecule has 156 valence electrons. The second kappa shape index (κ2) is 9.40. The van der Waals surface area contributed by atoms with Gasteiger partial charge in [-0.3, -0.25) is 9.59 Å². The van der Waals surface area contributed by atoms with Crippen molar-refractivity contribution >= 4 is 32.7 Å². The molecule has 1 fully saturated rings. The molecule has 1 aliphatic heterocycles. The zero-order valence-corrected chi connectivity index (χ0v) is 17.9. The van der Waals surface area contributed by atoms with Crippen molar-refractivity contribution in [3.63, 3.8) is 0 Å². The molecule has 7 nitrogen and oxygen atoms in total. The Bertz CT molecular complexity index is 1080. The van der Waals surface area contributed by atoms with Crippen LogP contribution in [0.4, 0.5) is 0 Å². The summed E-state index contributed by atoms with van der Waals surface area (Å²) in [6.45, 7) is 1.21. The molecule has 0 radical (unpaired) electrons. The predicted molar refractivity (Wildman–Crippen MR) is 116 cm³/mol. The quantitative estimate of drug-likeness (QED) is 0.571. The number of carbonyl (C=O) groups excluding carboxylic acids is 1. The van der Waals surface area contributed by atoms with E-state index in [1.165, 1.54) is 0 Å². The molecule has 0 spiro atoms. The molecule has 4 rings (SSSR count). The maximum absolute atomic E-state index is 12.9. The highest BCUT2D eigenvalue weighted by molar-refractivity contribution is 9.10. The highest BCUT2D eigenvalue weighted by Crippen LogP contribution is 2.18. The summed E-state index contributed by atoms with van der Waals surface area (Å²) in [4.78, 5) is 34.3. The van der Waals surface area contributed by atoms with Gasteiger partial charge >= 0.3 is 0 Å². The van der Waals surface area contributed by atoms with Crippen LogP contribution in [0.1, 0.15) is 18.7 Å². The van der Waals surface area contributed by atoms with E-state index in [4.69, 9.17) is 9.47 Å². The Balaban J connectivity index is 1.50. The number of aromatic nitrogens is 2. The number of nitrogens with one attached hydrogen (secondary N) is 1. The SMILES string of the molecule is O=C(COc1ccc(Br)cc1)N(Cc1nc2ccccc2c(=O)[nH]1)C[C@H]1CCCO1. The van der Waals surface area contributed by atoms with Crippen molar-refractivity contribution in [1.82, 2.24) is 14.9 Å². The van der Waals surface area contributed by atoms with Gasteiger partial charge in [0.1, 0.15) is 11.6 Å². The fourth-order valence-electron chi connectivity index (χ4n) is 3.45. The topological polar surface area (TPSA) is 84.5 Å². The third-order valence-electron chi connectivity index (χ3n) is 4.98. The number of hydrogen-bond donors (Lipinski definition) is 1. The van der Waals surface area contributed by atoms with Crippen LogP contribution in [0, 0.1) is 0 Å². The first-order valence-corrected chi connectivity index (χ1v) is 10.6. The fourth-order valence-corrected chi connectivity index (χ4v) is 3.71. The lowest BCUT2D eigenvalue weighted by Gasteiger charge is -2.25. The summed E-state index contributed by atoms with van der Waals surface area (Å²) in [5.41, 5.74) is 0.387. The fraction of sp³-hybridized carbons (Fsp3) is 0.318. The van der Waals surface area contributed by atoms with Crippen LogP contribution >= 0.6 is 15.9 Å². The smallest absolute Gasteiger partial charge is 0.261 e. The maximum Gasteiger partial charge on any atom is 0.261 e. The third kappa shape index (κ3) is 5.06. The first-order valence-electron chi connectivity index (χ1n) is 9.84. The second-order valence-electron chi connectivity index (χ2n) is 7.18. The van der Waals surface area contributed by atoms with E-state index in [0.717, 1.165) is 17.3 Å². The molecule has 0 unspecified atom stereocenters. The van der Waals surface area contributed by atoms with E-state index in [1.54, 1.807) is 35.2 Å². The van der Waals surface area contributed by atoms with Crippen molar-refractivity contribution in [2.75, 3.05) is 19.8 Å². The van der Waals surface area contributed by atoms with Crippen molar-refractivity contribution in [2.24, 2.45) is 0 Å². The van der Waals surface area contributed by atoms with E-state index in [0.29, 0.717) is 35.6 Å². The molecule has 1 saturated heterocycles. The number of halogens is 1. The van der Waals surface area contributed by atoms with Gasteiger partial charge in [-0.15, -0.1) is 0 Å². The van der Waals surface area contributed by atoms with Crippen LogP contribution < -0.4 is 10.3 Å². The van der Waals surface area contributed by atoms with Gasteiger partial charge in [0.15, 0.2) is 6.61 Å². The number of ether oxygens (including phenoxy) is 2. The van der Waals surface area contributed by atoms with Crippen LogP contribution in [0.25, 0.3) is 10.9 Å². The third-order valence-corrected chi connectivity index (χ3v) is 5.51. The lowest BCUT2D eigenvalue weighted by molar-refractivity contribution is -0.135. The van der Waals surface area contributed by atoms with E-state index in [9.17, 15) is 9.59 Å². The lowest BCUT2D eigenvalue weighted by atomic mass is 10.2. The van der Waals surface area contributed by atoms with Gasteiger partial charge < -0.3 is 19.4 Å². The molecule has 1 atom stereocenters. The molecule has 2 heterocycles. The van der Waals surface area contributed by atoms with Crippen LogP contribution in [0.2, 0.25) is 0 Å². The van der Waals surface area contributed by atoms with Gasteiger partial charge in [-0.2, -0.15) is 0 Å². The van der Waals surface area contributed by atoms with Crippen LogP contribution in [0.3, 0.4) is 0 Å². The number of rotatable bonds is 7. The zero-order chi connectivity index (χ0) is 20.9. The molecule has 8 heteroatoms. The Morgan fingerprint density at radius 1 is 1.23 bits per heavy atom. The van der Waals surface area contributed by atoms with Crippen molar-refractivity contribution in [1.29, 1.82) is 0 Å². The number of hydrogen-bond acceptors (Lipinski definition) is 5. The zero-order valence-electron chi connectivity index (χ0n) is 16.3. The molecule has 0 aliphatic carbocycles. The molecule has 3 aromatic rings. The molecule has 0 bridgehead atoms. The van der Waals surface area contributed by atoms with Crippen LogP contribution in [0.5, 0.6) is 5.75 Å². The highest BCUT2D eigenvalue weighted by atomic mass is 79.9.